The first-order valence-corrected chi connectivity index (χ1v) is 6.52. The average molecular weight is 296 g/mol. The van der Waals surface area contributed by atoms with Crippen LogP contribution in [0.4, 0.5) is 0 Å². The van der Waals surface area contributed by atoms with Crippen molar-refractivity contribution < 1.29 is 28.5 Å². The molecule has 1 aromatic rings. The van der Waals surface area contributed by atoms with E-state index < -0.39 is 24.3 Å². The summed E-state index contributed by atoms with van der Waals surface area (Å²) in [4.78, 5) is 22.0. The van der Waals surface area contributed by atoms with Crippen molar-refractivity contribution in [1.82, 2.24) is 0 Å². The van der Waals surface area contributed by atoms with E-state index in [1.807, 2.05) is 30.3 Å². The van der Waals surface area contributed by atoms with Gasteiger partial charge in [0.25, 0.3) is 0 Å². The Kier molecular flexibility index (Phi) is 7.42. The van der Waals surface area contributed by atoms with Crippen LogP contribution in [0, 0.1) is 0 Å². The number of carbonyl (C=O) groups excluding carboxylic acids is 2. The van der Waals surface area contributed by atoms with E-state index in [4.69, 9.17) is 18.9 Å². The van der Waals surface area contributed by atoms with Crippen LogP contribution in [0.2, 0.25) is 0 Å². The SMILES string of the molecule is COC(OCc1ccccc1)C(COC(C)=O)OC(C)=O. The van der Waals surface area contributed by atoms with E-state index in [0.29, 0.717) is 0 Å². The fraction of sp³-hybridized carbons (Fsp3) is 0.467. The minimum Gasteiger partial charge on any atom is -0.462 e. The molecule has 116 valence electrons. The Morgan fingerprint density at radius 3 is 2.29 bits per heavy atom. The summed E-state index contributed by atoms with van der Waals surface area (Å²) in [5.74, 6) is -0.970. The molecule has 1 rings (SSSR count). The van der Waals surface area contributed by atoms with Crippen molar-refractivity contribution >= 4 is 11.9 Å². The number of ether oxygens (including phenoxy) is 4. The topological polar surface area (TPSA) is 71.1 Å². The largest absolute Gasteiger partial charge is 0.462 e. The summed E-state index contributed by atoms with van der Waals surface area (Å²) in [5, 5.41) is 0. The molecular weight excluding hydrogens is 276 g/mol. The lowest BCUT2D eigenvalue weighted by Gasteiger charge is -2.25. The molecule has 0 amide bonds. The molecule has 2 unspecified atom stereocenters. The molecule has 2 atom stereocenters. The Labute approximate surface area is 123 Å². The van der Waals surface area contributed by atoms with Crippen LogP contribution < -0.4 is 0 Å². The van der Waals surface area contributed by atoms with E-state index >= 15 is 0 Å². The summed E-state index contributed by atoms with van der Waals surface area (Å²) in [7, 11) is 1.43. The molecule has 0 aromatic heterocycles. The molecule has 21 heavy (non-hydrogen) atoms. The van der Waals surface area contributed by atoms with Gasteiger partial charge in [-0.05, 0) is 5.56 Å². The summed E-state index contributed by atoms with van der Waals surface area (Å²) in [5.41, 5.74) is 0.952. The predicted octanol–water partition coefficient (Wildman–Crippen LogP) is 1.67. The first-order valence-electron chi connectivity index (χ1n) is 6.52. The van der Waals surface area contributed by atoms with Gasteiger partial charge in [0.15, 0.2) is 12.4 Å². The van der Waals surface area contributed by atoms with Crippen LogP contribution in [0.15, 0.2) is 30.3 Å². The minimum atomic E-state index is -0.826. The molecule has 0 spiro atoms. The summed E-state index contributed by atoms with van der Waals surface area (Å²) >= 11 is 0. The number of rotatable bonds is 8. The molecule has 1 aromatic carbocycles. The van der Waals surface area contributed by atoms with E-state index in [-0.39, 0.29) is 13.2 Å². The third kappa shape index (κ3) is 6.87. The third-order valence-electron chi connectivity index (χ3n) is 2.56. The lowest BCUT2D eigenvalue weighted by atomic mass is 10.2. The molecule has 0 heterocycles. The van der Waals surface area contributed by atoms with E-state index in [0.717, 1.165) is 5.56 Å². The molecule has 6 nitrogen and oxygen atoms in total. The average Bonchev–Trinajstić information content (AvgIpc) is 2.45. The summed E-state index contributed by atoms with van der Waals surface area (Å²) < 4.78 is 20.7. The third-order valence-corrected chi connectivity index (χ3v) is 2.56. The van der Waals surface area contributed by atoms with Crippen LogP contribution in [-0.2, 0) is 35.1 Å². The first kappa shape index (κ1) is 17.1. The Bertz CT molecular complexity index is 445. The highest BCUT2D eigenvalue weighted by molar-refractivity contribution is 5.67. The Hall–Kier alpha value is -1.92. The van der Waals surface area contributed by atoms with E-state index in [1.54, 1.807) is 0 Å². The zero-order valence-electron chi connectivity index (χ0n) is 12.4. The standard InChI is InChI=1S/C15H20O6/c1-11(16)19-10-14(21-12(2)17)15(18-3)20-9-13-7-5-4-6-8-13/h4-8,14-15H,9-10H2,1-3H3. The van der Waals surface area contributed by atoms with Crippen molar-refractivity contribution in [3.05, 3.63) is 35.9 Å². The second kappa shape index (κ2) is 9.10. The second-order valence-electron chi connectivity index (χ2n) is 4.35. The van der Waals surface area contributed by atoms with Gasteiger partial charge in [-0.2, -0.15) is 0 Å². The van der Waals surface area contributed by atoms with Crippen LogP contribution in [0.1, 0.15) is 19.4 Å². The Morgan fingerprint density at radius 1 is 1.10 bits per heavy atom. The highest BCUT2D eigenvalue weighted by Gasteiger charge is 2.26. The highest BCUT2D eigenvalue weighted by Crippen LogP contribution is 2.11. The van der Waals surface area contributed by atoms with Gasteiger partial charge in [-0.1, -0.05) is 30.3 Å². The summed E-state index contributed by atoms with van der Waals surface area (Å²) in [6, 6.07) is 9.49. The molecule has 0 aliphatic heterocycles. The van der Waals surface area contributed by atoms with Gasteiger partial charge < -0.3 is 18.9 Å². The lowest BCUT2D eigenvalue weighted by molar-refractivity contribution is -0.213. The van der Waals surface area contributed by atoms with Crippen molar-refractivity contribution in [3.63, 3.8) is 0 Å². The maximum Gasteiger partial charge on any atom is 0.303 e. The number of hydrogen-bond donors (Lipinski definition) is 0. The minimum absolute atomic E-state index is 0.123. The van der Waals surface area contributed by atoms with Crippen LogP contribution >= 0.6 is 0 Å². The monoisotopic (exact) mass is 296 g/mol. The van der Waals surface area contributed by atoms with Crippen molar-refractivity contribution in [1.29, 1.82) is 0 Å². The Balaban J connectivity index is 2.61. The van der Waals surface area contributed by atoms with E-state index in [1.165, 1.54) is 21.0 Å². The molecule has 6 heteroatoms. The maximum atomic E-state index is 11.1. The van der Waals surface area contributed by atoms with E-state index in [9.17, 15) is 9.59 Å². The Morgan fingerprint density at radius 2 is 1.76 bits per heavy atom. The number of esters is 2. The zero-order valence-corrected chi connectivity index (χ0v) is 12.4. The van der Waals surface area contributed by atoms with Crippen molar-refractivity contribution in [2.45, 2.75) is 32.8 Å². The molecule has 0 radical (unpaired) electrons. The van der Waals surface area contributed by atoms with Gasteiger partial charge in [-0.15, -0.1) is 0 Å². The normalized spacial score (nSPS) is 13.3. The summed E-state index contributed by atoms with van der Waals surface area (Å²) in [6.07, 6.45) is -1.64. The van der Waals surface area contributed by atoms with Gasteiger partial charge in [0.05, 0.1) is 6.61 Å². The molecule has 0 aliphatic carbocycles. The second-order valence-corrected chi connectivity index (χ2v) is 4.35. The van der Waals surface area contributed by atoms with Gasteiger partial charge in [0.2, 0.25) is 0 Å². The molecule has 0 aliphatic rings. The van der Waals surface area contributed by atoms with Crippen LogP contribution in [-0.4, -0.2) is 38.0 Å². The number of benzene rings is 1. The summed E-state index contributed by atoms with van der Waals surface area (Å²) in [6.45, 7) is 2.71. The van der Waals surface area contributed by atoms with Gasteiger partial charge in [0.1, 0.15) is 6.61 Å². The van der Waals surface area contributed by atoms with Crippen LogP contribution in [0.5, 0.6) is 0 Å². The van der Waals surface area contributed by atoms with Crippen molar-refractivity contribution in [2.24, 2.45) is 0 Å². The number of carbonyl (C=O) groups is 2. The number of methoxy groups -OCH3 is 1. The molecule has 0 saturated carbocycles. The molecule has 0 bridgehead atoms. The van der Waals surface area contributed by atoms with Crippen molar-refractivity contribution in [2.75, 3.05) is 13.7 Å². The fourth-order valence-corrected chi connectivity index (χ4v) is 1.66. The van der Waals surface area contributed by atoms with Gasteiger partial charge >= 0.3 is 11.9 Å². The van der Waals surface area contributed by atoms with Gasteiger partial charge in [0, 0.05) is 21.0 Å². The van der Waals surface area contributed by atoms with Crippen LogP contribution in [0.25, 0.3) is 0 Å². The first-order chi connectivity index (χ1) is 10.0. The molecule has 0 fully saturated rings. The van der Waals surface area contributed by atoms with Crippen molar-refractivity contribution in [3.8, 4) is 0 Å². The van der Waals surface area contributed by atoms with Gasteiger partial charge in [-0.3, -0.25) is 9.59 Å². The molecule has 0 saturated heterocycles. The number of hydrogen-bond acceptors (Lipinski definition) is 6. The predicted molar refractivity (Wildman–Crippen MR) is 74.2 cm³/mol. The lowest BCUT2D eigenvalue weighted by Crippen LogP contribution is -2.38. The molecular formula is C15H20O6. The maximum absolute atomic E-state index is 11.1. The smallest absolute Gasteiger partial charge is 0.303 e. The quantitative estimate of drug-likeness (QED) is 0.537. The molecule has 0 N–H and O–H groups in total. The van der Waals surface area contributed by atoms with E-state index in [2.05, 4.69) is 0 Å². The zero-order chi connectivity index (χ0) is 15.7. The highest BCUT2D eigenvalue weighted by atomic mass is 16.7. The van der Waals surface area contributed by atoms with Crippen LogP contribution in [0.3, 0.4) is 0 Å². The van der Waals surface area contributed by atoms with Gasteiger partial charge in [-0.25, -0.2) is 0 Å². The fourth-order valence-electron chi connectivity index (χ4n) is 1.66.